The topological polar surface area (TPSA) is 81.1 Å². The zero-order chi connectivity index (χ0) is 25.4. The zero-order valence-electron chi connectivity index (χ0n) is 19.8. The van der Waals surface area contributed by atoms with Gasteiger partial charge in [-0.25, -0.2) is 4.98 Å². The Morgan fingerprint density at radius 2 is 1.27 bits per heavy atom. The van der Waals surface area contributed by atoms with Crippen molar-refractivity contribution in [2.24, 2.45) is 0 Å². The van der Waals surface area contributed by atoms with Gasteiger partial charge in [0.2, 0.25) is 0 Å². The Morgan fingerprint density at radius 3 is 1.95 bits per heavy atom. The van der Waals surface area contributed by atoms with Crippen molar-refractivity contribution in [2.75, 3.05) is 0 Å². The number of amides is 1. The molecule has 1 aliphatic rings. The van der Waals surface area contributed by atoms with E-state index in [1.54, 1.807) is 36.4 Å². The number of rotatable bonds is 5. The third-order valence-corrected chi connectivity index (χ3v) is 6.92. The minimum Gasteiger partial charge on any atom is -0.340 e. The Labute approximate surface area is 213 Å². The number of nitrogens with zero attached hydrogens (tertiary/aromatic N) is 2. The first-order valence-electron chi connectivity index (χ1n) is 12.1. The highest BCUT2D eigenvalue weighted by molar-refractivity contribution is 6.07. The minimum atomic E-state index is -0.988. The summed E-state index contributed by atoms with van der Waals surface area (Å²) < 4.78 is 1.51. The monoisotopic (exact) mass is 485 g/mol. The summed E-state index contributed by atoms with van der Waals surface area (Å²) in [5.41, 5.74) is 2.98. The molecule has 4 aromatic carbocycles. The molecule has 1 aliphatic heterocycles. The third-order valence-electron chi connectivity index (χ3n) is 6.92. The molecule has 0 saturated heterocycles. The molecule has 5 aromatic rings. The van der Waals surface area contributed by atoms with Crippen LogP contribution in [0.2, 0.25) is 0 Å². The standard InChI is InChI=1S/C31H23N3O3/c35-28(21-14-6-2-7-15-21)26-25(20-12-4-1-5-13-20)27(33-30(36)22-16-8-3-9-17-22)31(37)34-24-19-11-10-18-23(24)32-29(26)34/h1-19,25-27H,(H,33,36)/t25-,26-,27-/m0/s1. The summed E-state index contributed by atoms with van der Waals surface area (Å²) in [5.74, 6) is -1.91. The molecular weight excluding hydrogens is 462 g/mol. The van der Waals surface area contributed by atoms with Crippen LogP contribution in [0.4, 0.5) is 0 Å². The molecular formula is C31H23N3O3. The second-order valence-corrected chi connectivity index (χ2v) is 9.09. The lowest BCUT2D eigenvalue weighted by Crippen LogP contribution is -2.53. The number of Topliss-reactive ketones (excluding diaryl/α,β-unsaturated/α-hetero) is 1. The van der Waals surface area contributed by atoms with Gasteiger partial charge in [0.25, 0.3) is 11.8 Å². The van der Waals surface area contributed by atoms with E-state index in [1.807, 2.05) is 78.9 Å². The fourth-order valence-electron chi connectivity index (χ4n) is 5.22. The molecule has 0 radical (unpaired) electrons. The average molecular weight is 486 g/mol. The zero-order valence-corrected chi connectivity index (χ0v) is 19.8. The van der Waals surface area contributed by atoms with Gasteiger partial charge in [-0.15, -0.1) is 0 Å². The van der Waals surface area contributed by atoms with Crippen LogP contribution >= 0.6 is 0 Å². The first-order chi connectivity index (χ1) is 18.1. The van der Waals surface area contributed by atoms with Crippen molar-refractivity contribution in [3.63, 3.8) is 0 Å². The van der Waals surface area contributed by atoms with E-state index in [2.05, 4.69) is 5.32 Å². The first-order valence-corrected chi connectivity index (χ1v) is 12.1. The number of aromatic nitrogens is 2. The number of fused-ring (bicyclic) bond motifs is 3. The lowest BCUT2D eigenvalue weighted by molar-refractivity contribution is 0.0727. The van der Waals surface area contributed by atoms with E-state index in [0.29, 0.717) is 28.0 Å². The summed E-state index contributed by atoms with van der Waals surface area (Å²) in [4.78, 5) is 46.4. The van der Waals surface area contributed by atoms with Gasteiger partial charge in [-0.1, -0.05) is 91.0 Å². The Morgan fingerprint density at radius 1 is 0.703 bits per heavy atom. The minimum absolute atomic E-state index is 0.155. The molecule has 0 fully saturated rings. The van der Waals surface area contributed by atoms with Crippen LogP contribution < -0.4 is 5.32 Å². The molecule has 180 valence electrons. The quantitative estimate of drug-likeness (QED) is 0.345. The van der Waals surface area contributed by atoms with Crippen molar-refractivity contribution < 1.29 is 14.4 Å². The maximum absolute atomic E-state index is 14.2. The van der Waals surface area contributed by atoms with Crippen molar-refractivity contribution in [3.05, 3.63) is 138 Å². The Kier molecular flexibility index (Phi) is 5.69. The maximum Gasteiger partial charge on any atom is 0.255 e. The van der Waals surface area contributed by atoms with Gasteiger partial charge in [-0.05, 0) is 29.8 Å². The average Bonchev–Trinajstić information content (AvgIpc) is 3.35. The number of carbonyl (C=O) groups excluding carboxylic acids is 3. The smallest absolute Gasteiger partial charge is 0.255 e. The van der Waals surface area contributed by atoms with Crippen LogP contribution in [-0.2, 0) is 0 Å². The summed E-state index contributed by atoms with van der Waals surface area (Å²) in [6.07, 6.45) is 0. The van der Waals surface area contributed by atoms with Gasteiger partial charge in [0, 0.05) is 17.0 Å². The molecule has 0 spiro atoms. The summed E-state index contributed by atoms with van der Waals surface area (Å²) in [6, 6.07) is 33.5. The van der Waals surface area contributed by atoms with Crippen LogP contribution in [-0.4, -0.2) is 33.2 Å². The van der Waals surface area contributed by atoms with Crippen molar-refractivity contribution in [2.45, 2.75) is 17.9 Å². The lowest BCUT2D eigenvalue weighted by Gasteiger charge is -2.37. The fraction of sp³-hybridized carbons (Fsp3) is 0.0968. The van der Waals surface area contributed by atoms with Gasteiger partial charge in [0.1, 0.15) is 11.9 Å². The van der Waals surface area contributed by atoms with Crippen LogP contribution in [0.5, 0.6) is 0 Å². The fourth-order valence-corrected chi connectivity index (χ4v) is 5.22. The molecule has 1 amide bonds. The van der Waals surface area contributed by atoms with Crippen LogP contribution in [0.25, 0.3) is 11.0 Å². The lowest BCUT2D eigenvalue weighted by atomic mass is 9.74. The molecule has 2 heterocycles. The van der Waals surface area contributed by atoms with Crippen molar-refractivity contribution in [1.82, 2.24) is 14.9 Å². The number of carbonyl (C=O) groups is 3. The summed E-state index contributed by atoms with van der Waals surface area (Å²) >= 11 is 0. The number of nitrogens with one attached hydrogen (secondary N) is 1. The number of imidazole rings is 1. The van der Waals surface area contributed by atoms with E-state index in [-0.39, 0.29) is 17.6 Å². The molecule has 0 bridgehead atoms. The molecule has 37 heavy (non-hydrogen) atoms. The van der Waals surface area contributed by atoms with E-state index >= 15 is 0 Å². The second kappa shape index (κ2) is 9.32. The SMILES string of the molecule is O=C(N[C@@H]1C(=O)n2c(nc3ccccc32)[C@H](C(=O)c2ccccc2)[C@@H]1c1ccccc1)c1ccccc1. The molecule has 0 unspecified atom stereocenters. The molecule has 6 nitrogen and oxygen atoms in total. The van der Waals surface area contributed by atoms with Crippen LogP contribution in [0.15, 0.2) is 115 Å². The molecule has 0 aliphatic carbocycles. The molecule has 1 aromatic heterocycles. The number of hydrogen-bond acceptors (Lipinski definition) is 4. The predicted octanol–water partition coefficient (Wildman–Crippen LogP) is 5.24. The third kappa shape index (κ3) is 3.93. The number of para-hydroxylation sites is 2. The molecule has 0 saturated carbocycles. The highest BCUT2D eigenvalue weighted by atomic mass is 16.2. The Balaban J connectivity index is 1.57. The largest absolute Gasteiger partial charge is 0.340 e. The number of ketones is 1. The molecule has 6 heteroatoms. The van der Waals surface area contributed by atoms with E-state index in [9.17, 15) is 14.4 Å². The van der Waals surface area contributed by atoms with Gasteiger partial charge >= 0.3 is 0 Å². The van der Waals surface area contributed by atoms with Crippen LogP contribution in [0.1, 0.15) is 48.7 Å². The van der Waals surface area contributed by atoms with Crippen molar-refractivity contribution >= 4 is 28.6 Å². The molecule has 3 atom stereocenters. The van der Waals surface area contributed by atoms with E-state index in [0.717, 1.165) is 5.56 Å². The summed E-state index contributed by atoms with van der Waals surface area (Å²) in [5, 5.41) is 2.98. The first kappa shape index (κ1) is 22.6. The second-order valence-electron chi connectivity index (χ2n) is 9.09. The number of benzene rings is 4. The van der Waals surface area contributed by atoms with Gasteiger partial charge in [0.05, 0.1) is 17.0 Å². The van der Waals surface area contributed by atoms with Gasteiger partial charge < -0.3 is 5.32 Å². The van der Waals surface area contributed by atoms with Gasteiger partial charge in [0.15, 0.2) is 5.78 Å². The Hall–Kier alpha value is -4.84. The van der Waals surface area contributed by atoms with Crippen molar-refractivity contribution in [1.29, 1.82) is 0 Å². The Bertz CT molecular complexity index is 1610. The van der Waals surface area contributed by atoms with Crippen LogP contribution in [0.3, 0.4) is 0 Å². The molecule has 1 N–H and O–H groups in total. The number of hydrogen-bond donors (Lipinski definition) is 1. The summed E-state index contributed by atoms with van der Waals surface area (Å²) in [6.45, 7) is 0. The maximum atomic E-state index is 14.2. The highest BCUT2D eigenvalue weighted by Crippen LogP contribution is 2.43. The van der Waals surface area contributed by atoms with E-state index in [4.69, 9.17) is 4.98 Å². The van der Waals surface area contributed by atoms with Crippen LogP contribution in [0, 0.1) is 0 Å². The normalized spacial score (nSPS) is 18.8. The van der Waals surface area contributed by atoms with E-state index < -0.39 is 17.9 Å². The van der Waals surface area contributed by atoms with E-state index in [1.165, 1.54) is 4.57 Å². The van der Waals surface area contributed by atoms with Crippen molar-refractivity contribution in [3.8, 4) is 0 Å². The van der Waals surface area contributed by atoms with Gasteiger partial charge in [-0.2, -0.15) is 0 Å². The summed E-state index contributed by atoms with van der Waals surface area (Å²) in [7, 11) is 0. The van der Waals surface area contributed by atoms with Gasteiger partial charge in [-0.3, -0.25) is 19.0 Å². The highest BCUT2D eigenvalue weighted by Gasteiger charge is 2.49. The molecule has 6 rings (SSSR count). The predicted molar refractivity (Wildman–Crippen MR) is 141 cm³/mol.